The third-order valence-corrected chi connectivity index (χ3v) is 8.16. The molecule has 6 nitrogen and oxygen atoms in total. The van der Waals surface area contributed by atoms with Crippen molar-refractivity contribution in [2.45, 2.75) is 32.1 Å². The van der Waals surface area contributed by atoms with E-state index in [0.717, 1.165) is 34.4 Å². The molecule has 1 fully saturated rings. The smallest absolute Gasteiger partial charge is 0.274 e. The number of halogens is 3. The van der Waals surface area contributed by atoms with Crippen molar-refractivity contribution in [2.24, 2.45) is 0 Å². The molecule has 37 heavy (non-hydrogen) atoms. The van der Waals surface area contributed by atoms with Crippen molar-refractivity contribution < 1.29 is 9.18 Å². The van der Waals surface area contributed by atoms with Crippen molar-refractivity contribution in [1.29, 1.82) is 0 Å². The summed E-state index contributed by atoms with van der Waals surface area (Å²) in [6, 6.07) is 5.49. The minimum absolute atomic E-state index is 0.0126. The number of hydrogen-bond donors (Lipinski definition) is 0. The van der Waals surface area contributed by atoms with E-state index in [9.17, 15) is 9.59 Å². The zero-order chi connectivity index (χ0) is 26.6. The average Bonchev–Trinajstić information content (AvgIpc) is 3.57. The summed E-state index contributed by atoms with van der Waals surface area (Å²) in [5.41, 5.74) is 4.00. The second kappa shape index (κ2) is 9.67. The molecule has 10 heteroatoms. The Labute approximate surface area is 227 Å². The number of carbonyl (C=O) groups excluding carboxylic acids is 1. The number of hydrogen-bond acceptors (Lipinski definition) is 5. The van der Waals surface area contributed by atoms with Crippen LogP contribution in [0.25, 0.3) is 16.9 Å². The van der Waals surface area contributed by atoms with Gasteiger partial charge in [0, 0.05) is 49.3 Å². The Balaban J connectivity index is 1.54. The fraction of sp³-hybridized carbons (Fsp3) is 0.259. The Bertz CT molecular complexity index is 1610. The first-order chi connectivity index (χ1) is 17.6. The molecule has 1 aliphatic carbocycles. The lowest BCUT2D eigenvalue weighted by atomic mass is 10.0. The van der Waals surface area contributed by atoms with Crippen molar-refractivity contribution in [3.8, 4) is 16.9 Å². The zero-order valence-corrected chi connectivity index (χ0v) is 22.9. The first-order valence-corrected chi connectivity index (χ1v) is 13.2. The van der Waals surface area contributed by atoms with Gasteiger partial charge in [-0.05, 0) is 67.0 Å². The number of amides is 1. The van der Waals surface area contributed by atoms with E-state index >= 15 is 4.39 Å². The molecule has 1 saturated carbocycles. The molecular formula is C27H23Cl2FN4O2S. The fourth-order valence-corrected chi connectivity index (χ4v) is 6.03. The maximum absolute atomic E-state index is 15.2. The third-order valence-electron chi connectivity index (χ3n) is 6.63. The first-order valence-electron chi connectivity index (χ1n) is 11.6. The highest BCUT2D eigenvalue weighted by Crippen LogP contribution is 2.56. The van der Waals surface area contributed by atoms with Crippen LogP contribution in [0.2, 0.25) is 10.0 Å². The lowest BCUT2D eigenvalue weighted by Gasteiger charge is -2.16. The van der Waals surface area contributed by atoms with E-state index < -0.39 is 11.7 Å². The van der Waals surface area contributed by atoms with Crippen LogP contribution in [0.5, 0.6) is 0 Å². The number of thiophene rings is 1. The molecule has 4 aromatic heterocycles. The van der Waals surface area contributed by atoms with Gasteiger partial charge in [-0.3, -0.25) is 24.1 Å². The van der Waals surface area contributed by atoms with E-state index in [2.05, 4.69) is 9.97 Å². The standard InChI is InChI=1S/C27H23Cl2FN4O2S/c1-13-9-32-21(20-12-37-25(24(20)30)27(36)33(3)4)8-22(13)34-14(2)5-19(23(29)26(34)35)18-7-17(18)15-6-16(28)11-31-10-15/h5-6,8-12,17-18H,7H2,1-4H3/t17-,18+/m1/s1. The second-order valence-electron chi connectivity index (χ2n) is 9.43. The topological polar surface area (TPSA) is 68.1 Å². The zero-order valence-electron chi connectivity index (χ0n) is 20.6. The van der Waals surface area contributed by atoms with E-state index in [1.54, 1.807) is 44.1 Å². The van der Waals surface area contributed by atoms with Gasteiger partial charge in [-0.15, -0.1) is 11.3 Å². The predicted molar refractivity (Wildman–Crippen MR) is 145 cm³/mol. The van der Waals surface area contributed by atoms with Gasteiger partial charge in [-0.1, -0.05) is 23.2 Å². The fourth-order valence-electron chi connectivity index (χ4n) is 4.61. The molecule has 0 aromatic carbocycles. The Morgan fingerprint density at radius 2 is 1.89 bits per heavy atom. The van der Waals surface area contributed by atoms with E-state index in [4.69, 9.17) is 23.2 Å². The van der Waals surface area contributed by atoms with Crippen LogP contribution in [0.3, 0.4) is 0 Å². The number of pyridine rings is 3. The highest BCUT2D eigenvalue weighted by atomic mass is 35.5. The molecule has 4 heterocycles. The lowest BCUT2D eigenvalue weighted by molar-refractivity contribution is 0.0828. The van der Waals surface area contributed by atoms with E-state index in [1.165, 1.54) is 9.47 Å². The SMILES string of the molecule is Cc1cnc(-c2csc(C(=O)N(C)C)c2F)cc1-n1c(C)cc([C@H]2C[C@@H]2c2cncc(Cl)c2)c(Cl)c1=O. The predicted octanol–water partition coefficient (Wildman–Crippen LogP) is 6.39. The molecule has 0 N–H and O–H groups in total. The molecule has 1 aliphatic rings. The molecule has 0 bridgehead atoms. The summed E-state index contributed by atoms with van der Waals surface area (Å²) in [5.74, 6) is -0.732. The van der Waals surface area contributed by atoms with E-state index in [0.29, 0.717) is 22.1 Å². The summed E-state index contributed by atoms with van der Waals surface area (Å²) in [5, 5.41) is 2.30. The number of rotatable bonds is 5. The minimum Gasteiger partial charge on any atom is -0.344 e. The van der Waals surface area contributed by atoms with Crippen LogP contribution in [-0.4, -0.2) is 39.4 Å². The van der Waals surface area contributed by atoms with Crippen LogP contribution < -0.4 is 5.56 Å². The maximum Gasteiger partial charge on any atom is 0.274 e. The minimum atomic E-state index is -0.626. The third kappa shape index (κ3) is 4.58. The van der Waals surface area contributed by atoms with Crippen LogP contribution in [0.1, 0.15) is 50.3 Å². The number of nitrogens with zero attached hydrogens (tertiary/aromatic N) is 4. The van der Waals surface area contributed by atoms with E-state index in [-0.39, 0.29) is 32.9 Å². The van der Waals surface area contributed by atoms with Crippen molar-refractivity contribution in [2.75, 3.05) is 14.1 Å². The Morgan fingerprint density at radius 1 is 1.14 bits per heavy atom. The van der Waals surface area contributed by atoms with Crippen molar-refractivity contribution >= 4 is 40.4 Å². The Kier molecular flexibility index (Phi) is 6.68. The lowest BCUT2D eigenvalue weighted by Crippen LogP contribution is -2.23. The van der Waals surface area contributed by atoms with Gasteiger partial charge in [-0.2, -0.15) is 0 Å². The second-order valence-corrected chi connectivity index (χ2v) is 11.1. The molecule has 0 saturated heterocycles. The highest BCUT2D eigenvalue weighted by molar-refractivity contribution is 7.12. The van der Waals surface area contributed by atoms with Crippen molar-refractivity contribution in [3.05, 3.63) is 95.6 Å². The number of aromatic nitrogens is 3. The largest absolute Gasteiger partial charge is 0.344 e. The van der Waals surface area contributed by atoms with Gasteiger partial charge < -0.3 is 4.90 Å². The van der Waals surface area contributed by atoms with Crippen molar-refractivity contribution in [1.82, 2.24) is 19.4 Å². The normalized spacial score (nSPS) is 16.6. The average molecular weight is 557 g/mol. The summed E-state index contributed by atoms with van der Waals surface area (Å²) in [4.78, 5) is 35.7. The summed E-state index contributed by atoms with van der Waals surface area (Å²) < 4.78 is 16.7. The molecule has 2 atom stereocenters. The summed E-state index contributed by atoms with van der Waals surface area (Å²) >= 11 is 13.8. The Morgan fingerprint density at radius 3 is 2.59 bits per heavy atom. The molecular weight excluding hydrogens is 534 g/mol. The monoisotopic (exact) mass is 556 g/mol. The molecule has 5 rings (SSSR count). The Hall–Kier alpha value is -3.07. The molecule has 0 radical (unpaired) electrons. The summed E-state index contributed by atoms with van der Waals surface area (Å²) in [6.45, 7) is 3.67. The van der Waals surface area contributed by atoms with Crippen LogP contribution in [-0.2, 0) is 0 Å². The van der Waals surface area contributed by atoms with Gasteiger partial charge >= 0.3 is 0 Å². The highest BCUT2D eigenvalue weighted by Gasteiger charge is 2.42. The van der Waals surface area contributed by atoms with Gasteiger partial charge in [0.25, 0.3) is 11.5 Å². The summed E-state index contributed by atoms with van der Waals surface area (Å²) in [6.07, 6.45) is 5.83. The van der Waals surface area contributed by atoms with Crippen LogP contribution in [0.4, 0.5) is 4.39 Å². The van der Waals surface area contributed by atoms with Gasteiger partial charge in [0.15, 0.2) is 5.82 Å². The first kappa shape index (κ1) is 25.6. The van der Waals surface area contributed by atoms with Gasteiger partial charge in [0.05, 0.1) is 16.4 Å². The number of aryl methyl sites for hydroxylation is 2. The quantitative estimate of drug-likeness (QED) is 0.285. The number of carbonyl (C=O) groups is 1. The van der Waals surface area contributed by atoms with Gasteiger partial charge in [0.1, 0.15) is 9.90 Å². The molecule has 4 aromatic rings. The van der Waals surface area contributed by atoms with Crippen LogP contribution >= 0.6 is 34.5 Å². The molecule has 1 amide bonds. The maximum atomic E-state index is 15.2. The van der Waals surface area contributed by atoms with Gasteiger partial charge in [-0.25, -0.2) is 4.39 Å². The van der Waals surface area contributed by atoms with E-state index in [1.807, 2.05) is 26.0 Å². The van der Waals surface area contributed by atoms with Crippen LogP contribution in [0, 0.1) is 19.7 Å². The van der Waals surface area contributed by atoms with Crippen LogP contribution in [0.15, 0.2) is 47.0 Å². The molecule has 190 valence electrons. The molecule has 0 spiro atoms. The molecule has 0 aliphatic heterocycles. The summed E-state index contributed by atoms with van der Waals surface area (Å²) in [7, 11) is 3.14. The van der Waals surface area contributed by atoms with Crippen molar-refractivity contribution in [3.63, 3.8) is 0 Å². The van der Waals surface area contributed by atoms with Gasteiger partial charge in [0.2, 0.25) is 0 Å². The molecule has 0 unspecified atom stereocenters.